The van der Waals surface area contributed by atoms with Gasteiger partial charge in [-0.05, 0) is 219 Å². The number of quaternary nitrogens is 1. The van der Waals surface area contributed by atoms with Crippen LogP contribution < -0.4 is 20.8 Å². The molecular weight excluding hydrogens is 1520 g/mol. The van der Waals surface area contributed by atoms with Gasteiger partial charge in [0.25, 0.3) is 0 Å². The summed E-state index contributed by atoms with van der Waals surface area (Å²) in [6, 6.07) is 36.2. The maximum Gasteiger partial charge on any atom is 0.553 e. The molecule has 1 amide bonds. The Morgan fingerprint density at radius 1 is 0.434 bits per heavy atom. The molecule has 1 atom stereocenters. The van der Waals surface area contributed by atoms with E-state index in [0.29, 0.717) is 31.6 Å². The van der Waals surface area contributed by atoms with E-state index >= 15 is 0 Å². The van der Waals surface area contributed by atoms with Crippen molar-refractivity contribution in [2.24, 2.45) is 16.2 Å². The van der Waals surface area contributed by atoms with Gasteiger partial charge in [0.05, 0.1) is 98.8 Å². The Morgan fingerprint density at radius 3 is 1.21 bits per heavy atom. The Bertz CT molecular complexity index is 6110. The van der Waals surface area contributed by atoms with Gasteiger partial charge in [-0.2, -0.15) is 9.13 Å². The standard InChI is InChI=1S/C64H50N4O.C20H42NO2.C15H25NO6.C6H12O2/c1-9-10-27-69-63-46-26-18-17-25-45(46)38(8)61-53-30-51-59-36(6)43-23-14-13-21-41(43)34(4)57(59)49-28-47-55-32(2)39-19-11-12-20-40(39)33(3)56(55)48-29-50-58-35(5)42-22-15-16-24-44(42)37(7)60(58)52-31-54(62(61)63)68(53)64(65(47)48,66(49)51)67(50)52;1-7-11-14-21(15-12-8-2,16-13-9-3)17-18-23-19(22)20(5,6)10-4;1-6-15(4,5)13(18)21-9-10-22-14(19)16-7-8-20-12(17)11(2)3;1-4-6(2,3)5(7)8/h11-26,28-31H,9-10,27H2,1-8H3;7-18H2,1-6H3;2,6-10H2,1,3-5H3,(H,16,19);4H2,1-3H3,(H,7,8)/q+2;+1;;/t64-;;;/m0.../s1. The molecule has 17 heteroatoms. The second-order valence-corrected chi connectivity index (χ2v) is 36.3. The molecule has 0 saturated carbocycles. The van der Waals surface area contributed by atoms with E-state index in [2.05, 4.69) is 228 Å². The quantitative estimate of drug-likeness (QED) is 0.0114. The molecule has 8 heterocycles. The number of aromatic nitrogens is 2. The number of carbonyl (C=O) groups excluding carboxylic acids is 4. The molecule has 0 unspecified atom stereocenters. The molecule has 6 aliphatic rings. The molecule has 6 aliphatic heterocycles. The van der Waals surface area contributed by atoms with Gasteiger partial charge in [0.15, 0.2) is 0 Å². The maximum atomic E-state index is 12.2. The van der Waals surface area contributed by atoms with Crippen LogP contribution in [0.15, 0.2) is 109 Å². The zero-order chi connectivity index (χ0) is 88.0. The van der Waals surface area contributed by atoms with Crippen molar-refractivity contribution in [3.63, 3.8) is 0 Å². The zero-order valence-electron chi connectivity index (χ0n) is 76.4. The molecule has 16 rings (SSSR count). The predicted octanol–water partition coefficient (Wildman–Crippen LogP) is 21.4. The van der Waals surface area contributed by atoms with Crippen LogP contribution in [0.3, 0.4) is 0 Å². The summed E-state index contributed by atoms with van der Waals surface area (Å²) < 4.78 is 39.7. The van der Waals surface area contributed by atoms with E-state index in [1.165, 1.54) is 236 Å². The minimum absolute atomic E-state index is 0.000325. The predicted molar refractivity (Wildman–Crippen MR) is 498 cm³/mol. The van der Waals surface area contributed by atoms with E-state index < -0.39 is 34.8 Å². The van der Waals surface area contributed by atoms with Crippen LogP contribution in [0.1, 0.15) is 240 Å². The molecule has 8 aromatic carbocycles. The first-order valence-corrected chi connectivity index (χ1v) is 44.7. The third-order valence-corrected chi connectivity index (χ3v) is 27.2. The number of hydrogen-bond acceptors (Lipinski definition) is 10. The number of unbranched alkanes of at least 4 members (excludes halogenated alkanes) is 4. The molecule has 2 aromatic heterocycles. The number of carboxylic acids is 1. The number of carboxylic acid groups (broad SMARTS) is 1. The van der Waals surface area contributed by atoms with E-state index in [1.54, 1.807) is 27.7 Å². The van der Waals surface area contributed by atoms with Gasteiger partial charge < -0.3 is 38.6 Å². The van der Waals surface area contributed by atoms with E-state index in [-0.39, 0.29) is 43.7 Å². The summed E-state index contributed by atoms with van der Waals surface area (Å²) in [7, 11) is 0. The van der Waals surface area contributed by atoms with Crippen molar-refractivity contribution in [3.8, 4) is 5.75 Å². The third kappa shape index (κ3) is 15.3. The van der Waals surface area contributed by atoms with Crippen molar-refractivity contribution in [1.29, 1.82) is 0 Å². The molecule has 0 bridgehead atoms. The molecular formula is C105H129N6O11+3. The molecule has 642 valence electrons. The number of benzene rings is 8. The first-order chi connectivity index (χ1) is 58.3. The van der Waals surface area contributed by atoms with E-state index in [0.717, 1.165) is 36.0 Å². The first-order valence-electron chi connectivity index (χ1n) is 44.7. The Hall–Kier alpha value is -10.9. The molecule has 10 aromatic rings. The van der Waals surface area contributed by atoms with Gasteiger partial charge in [0, 0.05) is 51.4 Å². The Kier molecular flexibility index (Phi) is 25.9. The summed E-state index contributed by atoms with van der Waals surface area (Å²) in [4.78, 5) is 56.4. The Balaban J connectivity index is 0.000000199. The minimum atomic E-state index is -0.936. The molecule has 17 nitrogen and oxygen atoms in total. The highest BCUT2D eigenvalue weighted by molar-refractivity contribution is 6.31. The molecule has 0 fully saturated rings. The number of aryl methyl sites for hydroxylation is 7. The fourth-order valence-electron chi connectivity index (χ4n) is 18.8. The monoisotopic (exact) mass is 1650 g/mol. The van der Waals surface area contributed by atoms with Crippen LogP contribution in [-0.2, 0) is 44.0 Å². The van der Waals surface area contributed by atoms with Gasteiger partial charge in [0.2, 0.25) is 22.8 Å². The molecule has 0 radical (unpaired) electrons. The van der Waals surface area contributed by atoms with Crippen LogP contribution in [0.25, 0.3) is 100 Å². The van der Waals surface area contributed by atoms with E-state index in [1.807, 2.05) is 34.6 Å². The Morgan fingerprint density at radius 2 is 0.811 bits per heavy atom. The Labute approximate surface area is 720 Å². The third-order valence-electron chi connectivity index (χ3n) is 27.2. The first kappa shape index (κ1) is 88.9. The van der Waals surface area contributed by atoms with Crippen LogP contribution in [-0.4, -0.2) is 135 Å². The number of ether oxygens (including phenoxy) is 5. The summed E-state index contributed by atoms with van der Waals surface area (Å²) in [5.41, 5.74) is 20.9. The van der Waals surface area contributed by atoms with Crippen LogP contribution in [0, 0.1) is 64.7 Å². The van der Waals surface area contributed by atoms with Gasteiger partial charge in [-0.3, -0.25) is 14.4 Å². The smallest absolute Gasteiger partial charge is 0.492 e. The van der Waals surface area contributed by atoms with Crippen molar-refractivity contribution in [2.45, 2.75) is 222 Å². The number of carbonyl (C=O) groups is 5. The minimum Gasteiger partial charge on any atom is -0.492 e. The summed E-state index contributed by atoms with van der Waals surface area (Å²) in [5, 5.41) is 28.9. The van der Waals surface area contributed by atoms with Crippen LogP contribution in [0.4, 0.5) is 4.79 Å². The fraction of sp³-hybridized carbons (Fsp3) is 0.438. The number of alkyl carbamates (subject to hydrolysis) is 1. The van der Waals surface area contributed by atoms with Gasteiger partial charge >= 0.3 is 35.9 Å². The largest absolute Gasteiger partial charge is 0.553 e. The lowest BCUT2D eigenvalue weighted by Crippen LogP contribution is -2.69. The average molecular weight is 1650 g/mol. The summed E-state index contributed by atoms with van der Waals surface area (Å²) in [6.07, 6.45) is 21.4. The number of nitrogens with one attached hydrogen (secondary N) is 1. The van der Waals surface area contributed by atoms with Gasteiger partial charge in [-0.1, -0.05) is 187 Å². The summed E-state index contributed by atoms with van der Waals surface area (Å²) >= 11 is 0. The molecule has 0 aliphatic carbocycles. The van der Waals surface area contributed by atoms with Crippen molar-refractivity contribution < 1.29 is 66.4 Å². The van der Waals surface area contributed by atoms with Crippen LogP contribution in [0.5, 0.6) is 5.75 Å². The number of hydrogen-bond donors (Lipinski definition) is 2. The summed E-state index contributed by atoms with van der Waals surface area (Å²) in [5.74, 6) is -1.55. The average Bonchev–Trinajstić information content (AvgIpc) is 1.45. The molecule has 1 spiro atoms. The highest BCUT2D eigenvalue weighted by Crippen LogP contribution is 2.59. The topological polar surface area (TPSA) is 180 Å². The van der Waals surface area contributed by atoms with Gasteiger partial charge in [0.1, 0.15) is 38.7 Å². The van der Waals surface area contributed by atoms with Crippen LogP contribution >= 0.6 is 0 Å². The SMILES string of the molecule is C=C(C)C(=O)OCCNC(=O)OCCOC(=O)C(C)(C)CC.CCC(C)(C)C(=O)O.CCCCOc1c2ccccc2c(C)c2c3n4c(c12)C=C1c2c(c(C)c5ccccc5c2C)C2=[N+]1[C@@]41n4c(c5c(C)c6ccccc6c(C)c5c4=C2)=CC2=[N+]1C(=C3)c1c2c(C)c2ccccc2c1C.CCCC[N+](CCCC)(CCCC)CCOC(=O)C(C)(C)CC. The molecule has 2 N–H and O–H groups in total. The number of fused-ring (bicyclic) bond motifs is 16. The van der Waals surface area contributed by atoms with E-state index in [4.69, 9.17) is 28.8 Å². The number of nitrogens with zero attached hydrogens (tertiary/aromatic N) is 5. The zero-order valence-corrected chi connectivity index (χ0v) is 76.4. The van der Waals surface area contributed by atoms with E-state index in [9.17, 15) is 24.0 Å². The van der Waals surface area contributed by atoms with Gasteiger partial charge in [-0.15, -0.1) is 0 Å². The lowest BCUT2D eigenvalue weighted by atomic mass is 9.87. The second kappa shape index (κ2) is 35.5. The number of rotatable bonds is 29. The maximum absolute atomic E-state index is 12.2. The van der Waals surface area contributed by atoms with Gasteiger partial charge in [-0.25, -0.2) is 9.59 Å². The van der Waals surface area contributed by atoms with Crippen molar-refractivity contribution in [1.82, 2.24) is 14.5 Å². The number of aliphatic carboxylic acids is 1. The lowest BCUT2D eigenvalue weighted by Gasteiger charge is -2.39. The van der Waals surface area contributed by atoms with Crippen LogP contribution in [0.2, 0.25) is 0 Å². The summed E-state index contributed by atoms with van der Waals surface area (Å²) in [6.45, 7) is 53.4. The highest BCUT2D eigenvalue weighted by atomic mass is 16.6. The van der Waals surface area contributed by atoms with Crippen molar-refractivity contribution in [2.75, 3.05) is 65.8 Å². The highest BCUT2D eigenvalue weighted by Gasteiger charge is 2.74. The normalized spacial score (nSPS) is 14.9. The van der Waals surface area contributed by atoms with Crippen molar-refractivity contribution in [3.05, 3.63) is 192 Å². The molecule has 0 saturated heterocycles. The second-order valence-electron chi connectivity index (χ2n) is 36.3. The van der Waals surface area contributed by atoms with Crippen molar-refractivity contribution >= 4 is 142 Å². The number of amides is 1. The molecule has 122 heavy (non-hydrogen) atoms. The fourth-order valence-corrected chi connectivity index (χ4v) is 18.8. The number of esters is 3. The lowest BCUT2D eigenvalue weighted by molar-refractivity contribution is -0.929.